The fourth-order valence-corrected chi connectivity index (χ4v) is 3.08. The summed E-state index contributed by atoms with van der Waals surface area (Å²) in [5.74, 6) is 0.393. The number of nitrogens with zero attached hydrogens (tertiary/aromatic N) is 1. The molecule has 3 nitrogen and oxygen atoms in total. The summed E-state index contributed by atoms with van der Waals surface area (Å²) in [6.45, 7) is 1.55. The first kappa shape index (κ1) is 10.2. The van der Waals surface area contributed by atoms with Gasteiger partial charge in [-0.2, -0.15) is 0 Å². The first-order valence-corrected chi connectivity index (χ1v) is 6.10. The predicted octanol–water partition coefficient (Wildman–Crippen LogP) is 1.62. The van der Waals surface area contributed by atoms with Crippen LogP contribution in [0.5, 0.6) is 0 Å². The maximum absolute atomic E-state index is 6.51. The van der Waals surface area contributed by atoms with Gasteiger partial charge in [0.05, 0.1) is 6.61 Å². The number of ether oxygens (including phenoxy) is 1. The highest BCUT2D eigenvalue weighted by molar-refractivity contribution is 5.32. The van der Waals surface area contributed by atoms with Crippen molar-refractivity contribution in [1.29, 1.82) is 0 Å². The minimum Gasteiger partial charge on any atom is -0.380 e. The molecule has 0 aromatic carbocycles. The number of rotatable bonds is 1. The van der Waals surface area contributed by atoms with E-state index in [1.807, 2.05) is 12.3 Å². The number of aryl methyl sites for hydroxylation is 1. The first-order valence-electron chi connectivity index (χ1n) is 6.10. The minimum atomic E-state index is -0.183. The Morgan fingerprint density at radius 1 is 1.50 bits per heavy atom. The second-order valence-corrected chi connectivity index (χ2v) is 5.03. The van der Waals surface area contributed by atoms with Gasteiger partial charge in [-0.15, -0.1) is 0 Å². The van der Waals surface area contributed by atoms with Crippen molar-refractivity contribution >= 4 is 0 Å². The van der Waals surface area contributed by atoms with Gasteiger partial charge in [0, 0.05) is 30.0 Å². The Labute approximate surface area is 96.0 Å². The molecular formula is C13H18N2O. The molecule has 0 saturated carbocycles. The van der Waals surface area contributed by atoms with E-state index in [4.69, 9.17) is 10.5 Å². The van der Waals surface area contributed by atoms with Crippen LogP contribution in [-0.4, -0.2) is 23.7 Å². The molecule has 2 atom stereocenters. The van der Waals surface area contributed by atoms with Crippen molar-refractivity contribution in [3.05, 3.63) is 29.6 Å². The van der Waals surface area contributed by atoms with E-state index in [1.165, 1.54) is 11.3 Å². The third kappa shape index (κ3) is 1.55. The van der Waals surface area contributed by atoms with Gasteiger partial charge >= 0.3 is 0 Å². The molecule has 1 saturated heterocycles. The molecule has 1 aliphatic carbocycles. The molecule has 0 amide bonds. The second-order valence-electron chi connectivity index (χ2n) is 5.03. The molecule has 1 fully saturated rings. The van der Waals surface area contributed by atoms with Gasteiger partial charge in [0.1, 0.15) is 0 Å². The van der Waals surface area contributed by atoms with Crippen LogP contribution in [0.1, 0.15) is 36.4 Å². The lowest BCUT2D eigenvalue weighted by Crippen LogP contribution is -2.51. The highest BCUT2D eigenvalue weighted by atomic mass is 16.5. The Hall–Kier alpha value is -0.930. The smallest absolute Gasteiger partial charge is 0.0652 e. The maximum atomic E-state index is 6.51. The number of hydrogen-bond acceptors (Lipinski definition) is 3. The summed E-state index contributed by atoms with van der Waals surface area (Å²) in [6.07, 6.45) is 6.27. The number of pyridine rings is 1. The molecule has 3 rings (SSSR count). The summed E-state index contributed by atoms with van der Waals surface area (Å²) in [5, 5.41) is 0. The highest BCUT2D eigenvalue weighted by Gasteiger charge is 2.41. The zero-order chi connectivity index (χ0) is 11.0. The van der Waals surface area contributed by atoms with Crippen LogP contribution < -0.4 is 5.73 Å². The second kappa shape index (κ2) is 3.82. The topological polar surface area (TPSA) is 48.1 Å². The summed E-state index contributed by atoms with van der Waals surface area (Å²) < 4.78 is 5.56. The Morgan fingerprint density at radius 2 is 2.44 bits per heavy atom. The fraction of sp³-hybridized carbons (Fsp3) is 0.615. The molecule has 3 heteroatoms. The van der Waals surface area contributed by atoms with E-state index in [0.29, 0.717) is 12.5 Å². The number of hydrogen-bond donors (Lipinski definition) is 1. The van der Waals surface area contributed by atoms with E-state index in [1.54, 1.807) is 0 Å². The summed E-state index contributed by atoms with van der Waals surface area (Å²) in [7, 11) is 0. The lowest BCUT2D eigenvalue weighted by atomic mass is 9.79. The van der Waals surface area contributed by atoms with E-state index >= 15 is 0 Å². The molecule has 1 aliphatic heterocycles. The molecule has 0 spiro atoms. The number of aromatic nitrogens is 1. The van der Waals surface area contributed by atoms with Gasteiger partial charge < -0.3 is 10.5 Å². The van der Waals surface area contributed by atoms with Gasteiger partial charge in [0.25, 0.3) is 0 Å². The maximum Gasteiger partial charge on any atom is 0.0652 e. The number of nitrogens with two attached hydrogens (primary N) is 1. The Bertz CT molecular complexity index is 385. The molecule has 16 heavy (non-hydrogen) atoms. The average Bonchev–Trinajstić information content (AvgIpc) is 2.74. The zero-order valence-corrected chi connectivity index (χ0v) is 9.48. The lowest BCUT2D eigenvalue weighted by Gasteiger charge is -2.38. The summed E-state index contributed by atoms with van der Waals surface area (Å²) in [5.41, 5.74) is 8.93. The average molecular weight is 218 g/mol. The largest absolute Gasteiger partial charge is 0.380 e. The molecule has 1 aromatic rings. The molecular weight excluding hydrogens is 200 g/mol. The van der Waals surface area contributed by atoms with Crippen molar-refractivity contribution in [3.63, 3.8) is 0 Å². The van der Waals surface area contributed by atoms with Crippen molar-refractivity contribution in [2.75, 3.05) is 13.2 Å². The van der Waals surface area contributed by atoms with Crippen LogP contribution in [0, 0.1) is 0 Å². The Kier molecular flexibility index (Phi) is 2.45. The van der Waals surface area contributed by atoms with Crippen LogP contribution in [0.3, 0.4) is 0 Å². The van der Waals surface area contributed by atoms with E-state index in [2.05, 4.69) is 11.1 Å². The van der Waals surface area contributed by atoms with Crippen molar-refractivity contribution in [1.82, 2.24) is 4.98 Å². The summed E-state index contributed by atoms with van der Waals surface area (Å²) in [6, 6.07) is 4.19. The van der Waals surface area contributed by atoms with Gasteiger partial charge in [0.15, 0.2) is 0 Å². The van der Waals surface area contributed by atoms with Crippen LogP contribution in [0.2, 0.25) is 0 Å². The normalized spacial score (nSPS) is 33.7. The predicted molar refractivity (Wildman–Crippen MR) is 62.3 cm³/mol. The third-order valence-electron chi connectivity index (χ3n) is 3.95. The van der Waals surface area contributed by atoms with Crippen LogP contribution >= 0.6 is 0 Å². The van der Waals surface area contributed by atoms with E-state index in [0.717, 1.165) is 32.3 Å². The molecule has 2 unspecified atom stereocenters. The zero-order valence-electron chi connectivity index (χ0n) is 9.48. The molecule has 0 bridgehead atoms. The molecule has 2 heterocycles. The van der Waals surface area contributed by atoms with Crippen molar-refractivity contribution in [3.8, 4) is 0 Å². The highest BCUT2D eigenvalue weighted by Crippen LogP contribution is 2.41. The lowest BCUT2D eigenvalue weighted by molar-refractivity contribution is 0.0254. The Balaban J connectivity index is 1.91. The van der Waals surface area contributed by atoms with Crippen LogP contribution in [0.15, 0.2) is 18.3 Å². The van der Waals surface area contributed by atoms with Crippen molar-refractivity contribution < 1.29 is 4.74 Å². The van der Waals surface area contributed by atoms with E-state index < -0.39 is 0 Å². The quantitative estimate of drug-likeness (QED) is 0.779. The number of fused-ring (bicyclic) bond motifs is 1. The van der Waals surface area contributed by atoms with Gasteiger partial charge in [-0.05, 0) is 37.3 Å². The van der Waals surface area contributed by atoms with Gasteiger partial charge in [-0.25, -0.2) is 0 Å². The molecule has 86 valence electrons. The van der Waals surface area contributed by atoms with Gasteiger partial charge in [-0.1, -0.05) is 6.07 Å². The van der Waals surface area contributed by atoms with Crippen LogP contribution in [0.25, 0.3) is 0 Å². The first-order chi connectivity index (χ1) is 7.80. The van der Waals surface area contributed by atoms with Gasteiger partial charge in [0.2, 0.25) is 0 Å². The van der Waals surface area contributed by atoms with Crippen molar-refractivity contribution in [2.24, 2.45) is 5.73 Å². The third-order valence-corrected chi connectivity index (χ3v) is 3.95. The Morgan fingerprint density at radius 3 is 3.25 bits per heavy atom. The molecule has 2 N–H and O–H groups in total. The minimum absolute atomic E-state index is 0.183. The standard InChI is InChI=1S/C13H18N2O/c14-13(6-2-8-16-9-13)11-5-4-10-3-1-7-15-12(10)11/h1,3,7,11H,2,4-6,8-9,14H2. The molecule has 1 aromatic heterocycles. The van der Waals surface area contributed by atoms with Crippen molar-refractivity contribution in [2.45, 2.75) is 37.1 Å². The van der Waals surface area contributed by atoms with Gasteiger partial charge in [-0.3, -0.25) is 4.98 Å². The van der Waals surface area contributed by atoms with E-state index in [-0.39, 0.29) is 5.54 Å². The fourth-order valence-electron chi connectivity index (χ4n) is 3.08. The van der Waals surface area contributed by atoms with Crippen LogP contribution in [0.4, 0.5) is 0 Å². The summed E-state index contributed by atoms with van der Waals surface area (Å²) >= 11 is 0. The molecule has 2 aliphatic rings. The molecule has 0 radical (unpaired) electrons. The monoisotopic (exact) mass is 218 g/mol. The summed E-state index contributed by atoms with van der Waals surface area (Å²) in [4.78, 5) is 4.53. The SMILES string of the molecule is NC1(C2CCc3cccnc32)CCCOC1. The van der Waals surface area contributed by atoms with Crippen LogP contribution in [-0.2, 0) is 11.2 Å². The van der Waals surface area contributed by atoms with E-state index in [9.17, 15) is 0 Å².